The van der Waals surface area contributed by atoms with E-state index in [0.29, 0.717) is 6.04 Å². The van der Waals surface area contributed by atoms with Crippen molar-refractivity contribution in [2.75, 3.05) is 17.3 Å². The van der Waals surface area contributed by atoms with E-state index in [-0.39, 0.29) is 0 Å². The van der Waals surface area contributed by atoms with Gasteiger partial charge in [0.25, 0.3) is 0 Å². The Bertz CT molecular complexity index is 425. The first-order valence-electron chi connectivity index (χ1n) is 6.31. The Morgan fingerprint density at radius 2 is 2.28 bits per heavy atom. The highest BCUT2D eigenvalue weighted by Crippen LogP contribution is 2.32. The molecule has 1 aromatic rings. The van der Waals surface area contributed by atoms with Crippen LogP contribution in [0.1, 0.15) is 31.2 Å². The van der Waals surface area contributed by atoms with Gasteiger partial charge in [0.2, 0.25) is 0 Å². The molecule has 0 amide bonds. The lowest BCUT2D eigenvalue weighted by atomic mass is 9.95. The normalized spacial score (nSPS) is 23.9. The van der Waals surface area contributed by atoms with Crippen LogP contribution in [0.3, 0.4) is 0 Å². The molecule has 100 valence electrons. The van der Waals surface area contributed by atoms with Gasteiger partial charge in [-0.15, -0.1) is 0 Å². The van der Waals surface area contributed by atoms with Crippen LogP contribution in [0.4, 0.5) is 11.5 Å². The van der Waals surface area contributed by atoms with Gasteiger partial charge in [-0.25, -0.2) is 4.98 Å². The average molecular weight is 330 g/mol. The number of thioether (sulfide) groups is 1. The molecule has 3 nitrogen and oxygen atoms in total. The number of nitrogen functional groups attached to an aromatic ring is 1. The summed E-state index contributed by atoms with van der Waals surface area (Å²) >= 11 is 5.56. The summed E-state index contributed by atoms with van der Waals surface area (Å²) in [6.07, 6.45) is 9.03. The van der Waals surface area contributed by atoms with Crippen LogP contribution in [0.15, 0.2) is 10.7 Å². The molecule has 1 aliphatic rings. The number of halogens is 1. The van der Waals surface area contributed by atoms with Gasteiger partial charge in [-0.2, -0.15) is 11.8 Å². The van der Waals surface area contributed by atoms with Crippen LogP contribution < -0.4 is 11.1 Å². The minimum Gasteiger partial charge on any atom is -0.397 e. The van der Waals surface area contributed by atoms with E-state index in [1.165, 1.54) is 25.7 Å². The van der Waals surface area contributed by atoms with Crippen molar-refractivity contribution < 1.29 is 0 Å². The van der Waals surface area contributed by atoms with Crippen molar-refractivity contribution >= 4 is 39.2 Å². The lowest BCUT2D eigenvalue weighted by Gasteiger charge is -2.29. The third-order valence-electron chi connectivity index (χ3n) is 3.60. The molecular formula is C13H20BrN3S. The fraction of sp³-hybridized carbons (Fsp3) is 0.615. The summed E-state index contributed by atoms with van der Waals surface area (Å²) in [4.78, 5) is 4.39. The van der Waals surface area contributed by atoms with Crippen molar-refractivity contribution in [3.63, 3.8) is 0 Å². The minimum absolute atomic E-state index is 0.531. The molecule has 3 N–H and O–H groups in total. The Kier molecular flexibility index (Phi) is 4.78. The molecule has 2 unspecified atom stereocenters. The molecule has 0 bridgehead atoms. The molecular weight excluding hydrogens is 310 g/mol. The van der Waals surface area contributed by atoms with Gasteiger partial charge in [0.05, 0.1) is 16.4 Å². The lowest BCUT2D eigenvalue weighted by molar-refractivity contribution is 0.472. The van der Waals surface area contributed by atoms with Crippen LogP contribution in [0.25, 0.3) is 0 Å². The molecule has 1 heterocycles. The average Bonchev–Trinajstić information content (AvgIpc) is 2.40. The van der Waals surface area contributed by atoms with Gasteiger partial charge in [-0.1, -0.05) is 6.42 Å². The van der Waals surface area contributed by atoms with Crippen molar-refractivity contribution in [3.05, 3.63) is 16.2 Å². The maximum Gasteiger partial charge on any atom is 0.140 e. The monoisotopic (exact) mass is 329 g/mol. The van der Waals surface area contributed by atoms with Gasteiger partial charge in [-0.3, -0.25) is 0 Å². The second-order valence-corrected chi connectivity index (χ2v) is 6.80. The summed E-state index contributed by atoms with van der Waals surface area (Å²) in [5.41, 5.74) is 7.64. The molecule has 0 aromatic carbocycles. The predicted octanol–water partition coefficient (Wildman–Crippen LogP) is 3.82. The summed E-state index contributed by atoms with van der Waals surface area (Å²) in [7, 11) is 0. The first-order valence-corrected chi connectivity index (χ1v) is 8.39. The number of nitrogens with zero attached hydrogens (tertiary/aromatic N) is 1. The molecule has 1 aliphatic carbocycles. The maximum atomic E-state index is 5.84. The predicted molar refractivity (Wildman–Crippen MR) is 84.3 cm³/mol. The summed E-state index contributed by atoms with van der Waals surface area (Å²) in [5, 5.41) is 4.34. The Labute approximate surface area is 121 Å². The van der Waals surface area contributed by atoms with Crippen molar-refractivity contribution in [2.45, 2.75) is 43.9 Å². The van der Waals surface area contributed by atoms with Crippen LogP contribution >= 0.6 is 27.7 Å². The quantitative estimate of drug-likeness (QED) is 0.885. The standard InChI is InChI=1S/C13H20BrN3S/c1-8-11(15)7-16-13(12(8)14)17-9-4-3-5-10(6-9)18-2/h7,9-10H,3-6,15H2,1-2H3,(H,16,17). The highest BCUT2D eigenvalue weighted by molar-refractivity contribution is 9.10. The van der Waals surface area contributed by atoms with E-state index in [2.05, 4.69) is 32.5 Å². The second kappa shape index (κ2) is 6.15. The van der Waals surface area contributed by atoms with Gasteiger partial charge in [0.1, 0.15) is 5.82 Å². The maximum absolute atomic E-state index is 5.84. The van der Waals surface area contributed by atoms with E-state index >= 15 is 0 Å². The highest BCUT2D eigenvalue weighted by atomic mass is 79.9. The van der Waals surface area contributed by atoms with Crippen molar-refractivity contribution in [2.24, 2.45) is 0 Å². The molecule has 18 heavy (non-hydrogen) atoms. The first-order chi connectivity index (χ1) is 8.61. The Hall–Kier alpha value is -0.420. The number of hydrogen-bond donors (Lipinski definition) is 2. The van der Waals surface area contributed by atoms with E-state index < -0.39 is 0 Å². The molecule has 1 fully saturated rings. The van der Waals surface area contributed by atoms with Gasteiger partial charge in [-0.05, 0) is 53.9 Å². The van der Waals surface area contributed by atoms with Crippen LogP contribution in [0, 0.1) is 6.92 Å². The molecule has 5 heteroatoms. The number of pyridine rings is 1. The Morgan fingerprint density at radius 3 is 3.00 bits per heavy atom. The second-order valence-electron chi connectivity index (χ2n) is 4.87. The molecule has 0 spiro atoms. The zero-order valence-corrected chi connectivity index (χ0v) is 13.3. The first kappa shape index (κ1) is 14.0. The number of nitrogens with one attached hydrogen (secondary N) is 1. The highest BCUT2D eigenvalue weighted by Gasteiger charge is 2.22. The van der Waals surface area contributed by atoms with E-state index in [1.807, 2.05) is 18.7 Å². The minimum atomic E-state index is 0.531. The summed E-state index contributed by atoms with van der Waals surface area (Å²) in [5.74, 6) is 0.924. The van der Waals surface area contributed by atoms with Crippen molar-refractivity contribution in [1.29, 1.82) is 0 Å². The number of aromatic nitrogens is 1. The number of rotatable bonds is 3. The number of hydrogen-bond acceptors (Lipinski definition) is 4. The van der Waals surface area contributed by atoms with Crippen molar-refractivity contribution in [1.82, 2.24) is 4.98 Å². The zero-order valence-electron chi connectivity index (χ0n) is 10.9. The van der Waals surface area contributed by atoms with E-state index in [4.69, 9.17) is 5.73 Å². The number of anilines is 2. The fourth-order valence-corrected chi connectivity index (χ4v) is 3.65. The molecule has 0 aliphatic heterocycles. The van der Waals surface area contributed by atoms with Crippen LogP contribution in [-0.4, -0.2) is 22.5 Å². The Morgan fingerprint density at radius 1 is 1.50 bits per heavy atom. The third kappa shape index (κ3) is 3.12. The molecule has 0 radical (unpaired) electrons. The summed E-state index contributed by atoms with van der Waals surface area (Å²) in [6, 6.07) is 0.531. The van der Waals surface area contributed by atoms with Gasteiger partial charge in [0.15, 0.2) is 0 Å². The topological polar surface area (TPSA) is 50.9 Å². The van der Waals surface area contributed by atoms with Gasteiger partial charge < -0.3 is 11.1 Å². The molecule has 0 saturated heterocycles. The lowest BCUT2D eigenvalue weighted by Crippen LogP contribution is -2.29. The van der Waals surface area contributed by atoms with E-state index in [0.717, 1.165) is 26.8 Å². The SMILES string of the molecule is CSC1CCCC(Nc2ncc(N)c(C)c2Br)C1. The zero-order chi connectivity index (χ0) is 13.1. The van der Waals surface area contributed by atoms with Gasteiger partial charge >= 0.3 is 0 Å². The summed E-state index contributed by atoms with van der Waals surface area (Å²) in [6.45, 7) is 2.01. The van der Waals surface area contributed by atoms with E-state index in [1.54, 1.807) is 6.20 Å². The van der Waals surface area contributed by atoms with Crippen LogP contribution in [0.5, 0.6) is 0 Å². The number of nitrogens with two attached hydrogens (primary N) is 1. The smallest absolute Gasteiger partial charge is 0.140 e. The molecule has 2 atom stereocenters. The van der Waals surface area contributed by atoms with Crippen molar-refractivity contribution in [3.8, 4) is 0 Å². The molecule has 2 rings (SSSR count). The fourth-order valence-electron chi connectivity index (χ4n) is 2.38. The summed E-state index contributed by atoms with van der Waals surface area (Å²) < 4.78 is 0.994. The largest absolute Gasteiger partial charge is 0.397 e. The van der Waals surface area contributed by atoms with Gasteiger partial charge in [0, 0.05) is 11.3 Å². The third-order valence-corrected chi connectivity index (χ3v) is 5.67. The Balaban J connectivity index is 2.07. The van der Waals surface area contributed by atoms with E-state index in [9.17, 15) is 0 Å². The van der Waals surface area contributed by atoms with Crippen LogP contribution in [-0.2, 0) is 0 Å². The van der Waals surface area contributed by atoms with Crippen LogP contribution in [0.2, 0.25) is 0 Å². The molecule has 1 aromatic heterocycles. The molecule has 1 saturated carbocycles.